The minimum atomic E-state index is 0.129. The Morgan fingerprint density at radius 3 is 2.74 bits per heavy atom. The first kappa shape index (κ1) is 26.6. The van der Waals surface area contributed by atoms with Gasteiger partial charge in [0.1, 0.15) is 0 Å². The van der Waals surface area contributed by atoms with Crippen molar-refractivity contribution in [2.45, 2.75) is 70.9 Å². The molecular formula is C29H38N4O4S. The summed E-state index contributed by atoms with van der Waals surface area (Å²) in [7, 11) is 1.69. The van der Waals surface area contributed by atoms with Gasteiger partial charge in [0.25, 0.3) is 0 Å². The van der Waals surface area contributed by atoms with E-state index in [1.807, 2.05) is 6.07 Å². The number of ether oxygens (including phenoxy) is 4. The highest BCUT2D eigenvalue weighted by Gasteiger charge is 2.36. The minimum Gasteiger partial charge on any atom is -0.493 e. The van der Waals surface area contributed by atoms with E-state index in [2.05, 4.69) is 34.5 Å². The van der Waals surface area contributed by atoms with E-state index in [0.717, 1.165) is 60.9 Å². The van der Waals surface area contributed by atoms with Gasteiger partial charge in [0.15, 0.2) is 28.1 Å². The molecule has 3 heterocycles. The summed E-state index contributed by atoms with van der Waals surface area (Å²) in [4.78, 5) is 2.54. The number of benzene rings is 2. The van der Waals surface area contributed by atoms with E-state index in [4.69, 9.17) is 36.9 Å². The average molecular weight is 539 g/mol. The van der Waals surface area contributed by atoms with Crippen molar-refractivity contribution < 1.29 is 18.9 Å². The van der Waals surface area contributed by atoms with Gasteiger partial charge in [0, 0.05) is 30.3 Å². The molecule has 1 unspecified atom stereocenters. The Balaban J connectivity index is 1.45. The quantitative estimate of drug-likeness (QED) is 0.179. The molecule has 0 aliphatic carbocycles. The molecule has 0 aromatic heterocycles. The van der Waals surface area contributed by atoms with Crippen molar-refractivity contribution in [2.75, 3.05) is 27.1 Å². The van der Waals surface area contributed by atoms with Crippen molar-refractivity contribution in [1.29, 1.82) is 0 Å². The number of nitrogens with one attached hydrogen (secondary N) is 1. The summed E-state index contributed by atoms with van der Waals surface area (Å²) in [6.45, 7) is 4.96. The summed E-state index contributed by atoms with van der Waals surface area (Å²) in [6, 6.07) is 6.57. The van der Waals surface area contributed by atoms with Crippen molar-refractivity contribution >= 4 is 23.5 Å². The fraction of sp³-hybridized carbons (Fsp3) is 0.517. The van der Waals surface area contributed by atoms with Crippen molar-refractivity contribution in [3.63, 3.8) is 0 Å². The molecule has 0 saturated heterocycles. The summed E-state index contributed by atoms with van der Waals surface area (Å²) in [5, 5.41) is 4.40. The molecule has 0 radical (unpaired) electrons. The van der Waals surface area contributed by atoms with Crippen LogP contribution in [-0.4, -0.2) is 43.3 Å². The van der Waals surface area contributed by atoms with Gasteiger partial charge in [-0.2, -0.15) is 5.10 Å². The maximum absolute atomic E-state index is 6.45. The van der Waals surface area contributed by atoms with Crippen LogP contribution >= 0.6 is 12.2 Å². The molecular weight excluding hydrogens is 500 g/mol. The van der Waals surface area contributed by atoms with E-state index < -0.39 is 0 Å². The fourth-order valence-electron chi connectivity index (χ4n) is 5.78. The summed E-state index contributed by atoms with van der Waals surface area (Å²) >= 11 is 4.93. The molecule has 2 aromatic rings. The van der Waals surface area contributed by atoms with E-state index in [-0.39, 0.29) is 17.9 Å². The lowest BCUT2D eigenvalue weighted by Gasteiger charge is -2.42. The third-order valence-electron chi connectivity index (χ3n) is 7.70. The summed E-state index contributed by atoms with van der Waals surface area (Å²) in [6.07, 6.45) is 10.9. The van der Waals surface area contributed by atoms with Crippen molar-refractivity contribution in [1.82, 2.24) is 10.3 Å². The normalized spacial score (nSPS) is 17.6. The van der Waals surface area contributed by atoms with Gasteiger partial charge in [-0.3, -0.25) is 10.3 Å². The predicted octanol–water partition coefficient (Wildman–Crippen LogP) is 4.99. The first-order valence-electron chi connectivity index (χ1n) is 13.7. The summed E-state index contributed by atoms with van der Waals surface area (Å²) in [5.41, 5.74) is 14.3. The lowest BCUT2D eigenvalue weighted by Crippen LogP contribution is -2.40. The first-order chi connectivity index (χ1) is 18.6. The third-order valence-corrected chi connectivity index (χ3v) is 7.79. The number of hydrogen-bond acceptors (Lipinski definition) is 7. The molecule has 0 bridgehead atoms. The molecule has 2 aromatic carbocycles. The number of methoxy groups -OCH3 is 1. The van der Waals surface area contributed by atoms with Crippen molar-refractivity contribution in [3.8, 4) is 23.0 Å². The number of nitrogens with zero attached hydrogens (tertiary/aromatic N) is 2. The van der Waals surface area contributed by atoms with E-state index in [1.165, 1.54) is 54.4 Å². The average Bonchev–Trinajstić information content (AvgIpc) is 3.38. The highest BCUT2D eigenvalue weighted by molar-refractivity contribution is 7.80. The number of fused-ring (bicyclic) bond motifs is 5. The van der Waals surface area contributed by atoms with Crippen LogP contribution in [0.5, 0.6) is 23.0 Å². The van der Waals surface area contributed by atoms with E-state index in [1.54, 1.807) is 13.3 Å². The Labute approximate surface area is 230 Å². The van der Waals surface area contributed by atoms with Crippen LogP contribution in [0.3, 0.4) is 0 Å². The van der Waals surface area contributed by atoms with Crippen LogP contribution in [0.1, 0.15) is 79.3 Å². The highest BCUT2D eigenvalue weighted by Crippen LogP contribution is 2.47. The number of nitrogens with two attached hydrogens (primary N) is 1. The van der Waals surface area contributed by atoms with Gasteiger partial charge in [-0.05, 0) is 66.4 Å². The molecule has 3 aliphatic heterocycles. The topological polar surface area (TPSA) is 90.6 Å². The number of unbranched alkanes of at least 4 members (excludes halogenated alkanes) is 5. The van der Waals surface area contributed by atoms with Crippen LogP contribution < -0.4 is 30.1 Å². The number of thiocarbonyl (C=S) groups is 1. The van der Waals surface area contributed by atoms with E-state index >= 15 is 0 Å². The van der Waals surface area contributed by atoms with Gasteiger partial charge in [-0.15, -0.1) is 0 Å². The lowest BCUT2D eigenvalue weighted by atomic mass is 9.82. The fourth-order valence-corrected chi connectivity index (χ4v) is 5.83. The van der Waals surface area contributed by atoms with Gasteiger partial charge in [0.2, 0.25) is 6.79 Å². The molecule has 8 nitrogen and oxygen atoms in total. The molecule has 5 rings (SSSR count). The first-order valence-corrected chi connectivity index (χ1v) is 14.1. The standard InChI is InChI=1S/C29H38N4O4S/c1-3-4-5-6-7-8-11-35-28-23-17-33-10-9-19-12-25-26(37-18-36-25)15-22(19)24(33)14-21(23)20(13-27(28)34-2)16-31-32-29(30)38/h12-13,15-16,24H,3-11,14,17-18H2,1-2H3,(H3,30,32,38)/b31-16+. The molecule has 9 heteroatoms. The molecule has 1 atom stereocenters. The zero-order chi connectivity index (χ0) is 26.5. The SMILES string of the molecule is CCCCCCCCOc1c(OC)cc(/C=N/NC(N)=S)c2c1CN1CCc3cc4c(cc3C1C2)OCO4. The molecule has 3 N–H and O–H groups in total. The number of rotatable bonds is 11. The second-order valence-electron chi connectivity index (χ2n) is 10.1. The van der Waals surface area contributed by atoms with Gasteiger partial charge in [0.05, 0.1) is 19.9 Å². The van der Waals surface area contributed by atoms with E-state index in [9.17, 15) is 0 Å². The van der Waals surface area contributed by atoms with E-state index in [0.29, 0.717) is 6.61 Å². The smallest absolute Gasteiger partial charge is 0.231 e. The van der Waals surface area contributed by atoms with Crippen molar-refractivity contribution in [2.24, 2.45) is 10.8 Å². The van der Waals surface area contributed by atoms with Crippen LogP contribution in [0, 0.1) is 0 Å². The second kappa shape index (κ2) is 12.2. The zero-order valence-corrected chi connectivity index (χ0v) is 23.2. The molecule has 38 heavy (non-hydrogen) atoms. The predicted molar refractivity (Wildman–Crippen MR) is 153 cm³/mol. The van der Waals surface area contributed by atoms with Crippen LogP contribution in [0.2, 0.25) is 0 Å². The monoisotopic (exact) mass is 538 g/mol. The third kappa shape index (κ3) is 5.68. The Kier molecular flexibility index (Phi) is 8.54. The van der Waals surface area contributed by atoms with Crippen LogP contribution in [0.25, 0.3) is 0 Å². The molecule has 0 saturated carbocycles. The summed E-state index contributed by atoms with van der Waals surface area (Å²) in [5.74, 6) is 3.26. The number of hydrazone groups is 1. The maximum Gasteiger partial charge on any atom is 0.231 e. The molecule has 0 amide bonds. The van der Waals surface area contributed by atoms with Crippen LogP contribution in [0.4, 0.5) is 0 Å². The largest absolute Gasteiger partial charge is 0.493 e. The number of hydrogen-bond donors (Lipinski definition) is 2. The van der Waals surface area contributed by atoms with Crippen LogP contribution in [-0.2, 0) is 19.4 Å². The van der Waals surface area contributed by atoms with Crippen molar-refractivity contribution in [3.05, 3.63) is 46.0 Å². The molecule has 3 aliphatic rings. The Bertz CT molecular complexity index is 1200. The minimum absolute atomic E-state index is 0.129. The highest BCUT2D eigenvalue weighted by atomic mass is 32.1. The van der Waals surface area contributed by atoms with Gasteiger partial charge < -0.3 is 24.7 Å². The van der Waals surface area contributed by atoms with Gasteiger partial charge in [-0.25, -0.2) is 0 Å². The zero-order valence-electron chi connectivity index (χ0n) is 22.4. The Hall–Kier alpha value is -3.04. The second-order valence-corrected chi connectivity index (χ2v) is 10.6. The Morgan fingerprint density at radius 2 is 1.95 bits per heavy atom. The lowest BCUT2D eigenvalue weighted by molar-refractivity contribution is 0.155. The summed E-state index contributed by atoms with van der Waals surface area (Å²) < 4.78 is 23.6. The van der Waals surface area contributed by atoms with Crippen LogP contribution in [0.15, 0.2) is 23.3 Å². The molecule has 0 fully saturated rings. The van der Waals surface area contributed by atoms with Gasteiger partial charge >= 0.3 is 0 Å². The molecule has 204 valence electrons. The van der Waals surface area contributed by atoms with Gasteiger partial charge in [-0.1, -0.05) is 39.0 Å². The Morgan fingerprint density at radius 1 is 1.16 bits per heavy atom. The maximum atomic E-state index is 6.45. The molecule has 0 spiro atoms.